The molecule has 3 rings (SSSR count). The van der Waals surface area contributed by atoms with Crippen molar-refractivity contribution in [1.82, 2.24) is 0 Å². The average Bonchev–Trinajstić information content (AvgIpc) is 2.64. The zero-order valence-electron chi connectivity index (χ0n) is 15.1. The van der Waals surface area contributed by atoms with E-state index in [0.29, 0.717) is 23.3 Å². The second kappa shape index (κ2) is 7.91. The molecule has 2 N–H and O–H groups in total. The van der Waals surface area contributed by atoms with Gasteiger partial charge in [0.25, 0.3) is 0 Å². The summed E-state index contributed by atoms with van der Waals surface area (Å²) in [5.74, 6) is -0.0866. The predicted molar refractivity (Wildman–Crippen MR) is 104 cm³/mol. The number of amides is 1. The number of para-hydroxylation sites is 1. The van der Waals surface area contributed by atoms with Crippen LogP contribution >= 0.6 is 0 Å². The number of rotatable bonds is 5. The van der Waals surface area contributed by atoms with Gasteiger partial charge in [-0.25, -0.2) is 4.39 Å². The Morgan fingerprint density at radius 3 is 2.26 bits per heavy atom. The maximum absolute atomic E-state index is 14.3. The topological polar surface area (TPSA) is 58.6 Å². The highest BCUT2D eigenvalue weighted by molar-refractivity contribution is 5.89. The van der Waals surface area contributed by atoms with Crippen LogP contribution in [-0.2, 0) is 4.79 Å². The van der Waals surface area contributed by atoms with Crippen LogP contribution in [0.5, 0.6) is 11.5 Å². The third-order valence-corrected chi connectivity index (χ3v) is 4.10. The van der Waals surface area contributed by atoms with Crippen molar-refractivity contribution >= 4 is 11.6 Å². The van der Waals surface area contributed by atoms with Crippen molar-refractivity contribution in [2.75, 3.05) is 11.9 Å². The molecule has 138 valence electrons. The lowest BCUT2D eigenvalue weighted by Crippen LogP contribution is -2.07. The summed E-state index contributed by atoms with van der Waals surface area (Å²) in [7, 11) is 0. The summed E-state index contributed by atoms with van der Waals surface area (Å²) >= 11 is 0. The quantitative estimate of drug-likeness (QED) is 0.651. The summed E-state index contributed by atoms with van der Waals surface area (Å²) < 4.78 is 19.7. The van der Waals surface area contributed by atoms with Crippen molar-refractivity contribution in [3.8, 4) is 33.8 Å². The van der Waals surface area contributed by atoms with E-state index < -0.39 is 5.82 Å². The van der Waals surface area contributed by atoms with Gasteiger partial charge in [-0.3, -0.25) is 4.79 Å². The predicted octanol–water partition coefficient (Wildman–Crippen LogP) is 5.22. The summed E-state index contributed by atoms with van der Waals surface area (Å²) in [5.41, 5.74) is 2.60. The minimum Gasteiger partial charge on any atom is -0.507 e. The number of phenolic OH excluding ortho intramolecular Hbond substituents is 1. The molecule has 5 heteroatoms. The molecule has 0 fully saturated rings. The first-order valence-corrected chi connectivity index (χ1v) is 8.62. The fourth-order valence-corrected chi connectivity index (χ4v) is 2.88. The van der Waals surface area contributed by atoms with Crippen LogP contribution in [0.2, 0.25) is 0 Å². The van der Waals surface area contributed by atoms with Crippen molar-refractivity contribution in [3.05, 3.63) is 66.5 Å². The van der Waals surface area contributed by atoms with Crippen molar-refractivity contribution < 1.29 is 19.0 Å². The summed E-state index contributed by atoms with van der Waals surface area (Å²) in [6.07, 6.45) is 0. The number of hydrogen-bond acceptors (Lipinski definition) is 3. The lowest BCUT2D eigenvalue weighted by molar-refractivity contribution is -0.114. The number of anilines is 1. The van der Waals surface area contributed by atoms with Crippen molar-refractivity contribution in [2.45, 2.75) is 13.8 Å². The minimum atomic E-state index is -0.562. The maximum atomic E-state index is 14.3. The first-order valence-electron chi connectivity index (χ1n) is 8.62. The van der Waals surface area contributed by atoms with E-state index in [1.165, 1.54) is 19.1 Å². The molecule has 0 bridgehead atoms. The van der Waals surface area contributed by atoms with Crippen LogP contribution in [0.25, 0.3) is 22.3 Å². The lowest BCUT2D eigenvalue weighted by Gasteiger charge is -2.12. The van der Waals surface area contributed by atoms with Crippen LogP contribution in [0.15, 0.2) is 60.7 Å². The summed E-state index contributed by atoms with van der Waals surface area (Å²) in [6, 6.07) is 17.2. The molecule has 0 aliphatic carbocycles. The van der Waals surface area contributed by atoms with Crippen LogP contribution in [0, 0.1) is 5.82 Å². The lowest BCUT2D eigenvalue weighted by atomic mass is 9.97. The molecule has 0 saturated heterocycles. The van der Waals surface area contributed by atoms with Gasteiger partial charge in [-0.2, -0.15) is 0 Å². The smallest absolute Gasteiger partial charge is 0.221 e. The zero-order chi connectivity index (χ0) is 19.4. The molecule has 0 aliphatic rings. The molecule has 0 saturated carbocycles. The van der Waals surface area contributed by atoms with Gasteiger partial charge in [0.05, 0.1) is 12.3 Å². The van der Waals surface area contributed by atoms with Gasteiger partial charge in [0.1, 0.15) is 17.3 Å². The molecule has 3 aromatic rings. The van der Waals surface area contributed by atoms with Crippen LogP contribution < -0.4 is 10.1 Å². The van der Waals surface area contributed by atoms with Crippen LogP contribution in [0.4, 0.5) is 10.1 Å². The number of halogens is 1. The van der Waals surface area contributed by atoms with Crippen molar-refractivity contribution in [2.24, 2.45) is 0 Å². The Kier molecular flexibility index (Phi) is 5.41. The van der Waals surface area contributed by atoms with Crippen LogP contribution in [-0.4, -0.2) is 17.6 Å². The molecular formula is C22H20FNO3. The van der Waals surface area contributed by atoms with Gasteiger partial charge in [0.15, 0.2) is 0 Å². The Balaban J connectivity index is 1.97. The van der Waals surface area contributed by atoms with E-state index in [1.54, 1.807) is 24.3 Å². The molecule has 27 heavy (non-hydrogen) atoms. The molecule has 0 unspecified atom stereocenters. The van der Waals surface area contributed by atoms with E-state index in [1.807, 2.05) is 31.2 Å². The third kappa shape index (κ3) is 4.08. The summed E-state index contributed by atoms with van der Waals surface area (Å²) in [5, 5.41) is 13.2. The molecule has 0 radical (unpaired) electrons. The van der Waals surface area contributed by atoms with E-state index in [2.05, 4.69) is 5.32 Å². The van der Waals surface area contributed by atoms with Crippen LogP contribution in [0.1, 0.15) is 13.8 Å². The second-order valence-electron chi connectivity index (χ2n) is 6.03. The standard InChI is InChI=1S/C22H20FNO3/c1-3-27-17-10-7-15(8-11-17)18-5-4-6-19(22(18)26)16-9-12-21(20(23)13-16)24-14(2)25/h4-13,26H,3H2,1-2H3,(H,24,25). The monoisotopic (exact) mass is 365 g/mol. The SMILES string of the molecule is CCOc1ccc(-c2cccc(-c3ccc(NC(C)=O)c(F)c3)c2O)cc1. The van der Waals surface area contributed by atoms with E-state index >= 15 is 0 Å². The van der Waals surface area contributed by atoms with E-state index in [0.717, 1.165) is 11.3 Å². The van der Waals surface area contributed by atoms with Gasteiger partial charge < -0.3 is 15.2 Å². The van der Waals surface area contributed by atoms with Gasteiger partial charge >= 0.3 is 0 Å². The number of carbonyl (C=O) groups is 1. The Morgan fingerprint density at radius 2 is 1.67 bits per heavy atom. The Labute approximate surface area is 157 Å². The van der Waals surface area contributed by atoms with E-state index in [4.69, 9.17) is 4.74 Å². The molecule has 1 amide bonds. The maximum Gasteiger partial charge on any atom is 0.221 e. The molecule has 0 spiro atoms. The van der Waals surface area contributed by atoms with Crippen LogP contribution in [0.3, 0.4) is 0 Å². The highest BCUT2D eigenvalue weighted by Gasteiger charge is 2.13. The number of nitrogens with one attached hydrogen (secondary N) is 1. The molecule has 4 nitrogen and oxygen atoms in total. The Morgan fingerprint density at radius 1 is 1.04 bits per heavy atom. The number of hydrogen-bond donors (Lipinski definition) is 2. The van der Waals surface area contributed by atoms with E-state index in [-0.39, 0.29) is 17.3 Å². The molecule has 0 aromatic heterocycles. The largest absolute Gasteiger partial charge is 0.507 e. The molecule has 0 aliphatic heterocycles. The van der Waals surface area contributed by atoms with Gasteiger partial charge in [-0.1, -0.05) is 36.4 Å². The van der Waals surface area contributed by atoms with E-state index in [9.17, 15) is 14.3 Å². The highest BCUT2D eigenvalue weighted by atomic mass is 19.1. The van der Waals surface area contributed by atoms with Crippen molar-refractivity contribution in [1.29, 1.82) is 0 Å². The average molecular weight is 365 g/mol. The van der Waals surface area contributed by atoms with Gasteiger partial charge in [0.2, 0.25) is 5.91 Å². The third-order valence-electron chi connectivity index (χ3n) is 4.10. The first kappa shape index (κ1) is 18.5. The minimum absolute atomic E-state index is 0.0633. The zero-order valence-corrected chi connectivity index (χ0v) is 15.1. The summed E-state index contributed by atoms with van der Waals surface area (Å²) in [6.45, 7) is 3.82. The normalized spacial score (nSPS) is 10.5. The number of benzene rings is 3. The van der Waals surface area contributed by atoms with Gasteiger partial charge in [-0.15, -0.1) is 0 Å². The molecule has 0 heterocycles. The summed E-state index contributed by atoms with van der Waals surface area (Å²) in [4.78, 5) is 11.1. The number of phenols is 1. The Bertz CT molecular complexity index is 968. The highest BCUT2D eigenvalue weighted by Crippen LogP contribution is 2.39. The fraction of sp³-hybridized carbons (Fsp3) is 0.136. The van der Waals surface area contributed by atoms with Gasteiger partial charge in [-0.05, 0) is 42.3 Å². The number of ether oxygens (including phenoxy) is 1. The molecular weight excluding hydrogens is 345 g/mol. The molecule has 0 atom stereocenters. The number of carbonyl (C=O) groups excluding carboxylic acids is 1. The van der Waals surface area contributed by atoms with Crippen molar-refractivity contribution in [3.63, 3.8) is 0 Å². The number of aromatic hydroxyl groups is 1. The fourth-order valence-electron chi connectivity index (χ4n) is 2.88. The second-order valence-corrected chi connectivity index (χ2v) is 6.03. The first-order chi connectivity index (χ1) is 13.0. The van der Waals surface area contributed by atoms with Gasteiger partial charge in [0, 0.05) is 18.1 Å². The Hall–Kier alpha value is -3.34. The molecule has 3 aromatic carbocycles.